The maximum Gasteiger partial charge on any atom is 0.257 e. The Kier molecular flexibility index (Phi) is 3.88. The van der Waals surface area contributed by atoms with E-state index >= 15 is 0 Å². The molecule has 0 saturated carbocycles. The lowest BCUT2D eigenvalue weighted by atomic mass is 10.2. The summed E-state index contributed by atoms with van der Waals surface area (Å²) in [6.45, 7) is 0. The van der Waals surface area contributed by atoms with Gasteiger partial charge in [-0.05, 0) is 46.3 Å². The first-order valence-electron chi connectivity index (χ1n) is 5.73. The molecule has 106 valence electrons. The van der Waals surface area contributed by atoms with Crippen molar-refractivity contribution in [2.45, 2.75) is 0 Å². The summed E-state index contributed by atoms with van der Waals surface area (Å²) >= 11 is 10.3. The molecule has 0 bridgehead atoms. The maximum atomic E-state index is 13.3. The second kappa shape index (κ2) is 5.67. The van der Waals surface area contributed by atoms with E-state index in [2.05, 4.69) is 30.0 Å². The Hall–Kier alpha value is -1.57. The molecule has 2 aromatic carbocycles. The van der Waals surface area contributed by atoms with Crippen LogP contribution in [0, 0.1) is 5.82 Å². The van der Waals surface area contributed by atoms with Crippen LogP contribution < -0.4 is 5.32 Å². The fraction of sp³-hybridized carbons (Fsp3) is 0. The fourth-order valence-electron chi connectivity index (χ4n) is 1.80. The van der Waals surface area contributed by atoms with Crippen molar-refractivity contribution in [1.82, 2.24) is 8.75 Å². The number of carbonyl (C=O) groups excluding carboxylic acids is 1. The summed E-state index contributed by atoms with van der Waals surface area (Å²) in [5, 5.41) is 3.00. The van der Waals surface area contributed by atoms with Gasteiger partial charge in [0.05, 0.1) is 28.0 Å². The van der Waals surface area contributed by atoms with Crippen molar-refractivity contribution in [3.05, 3.63) is 51.2 Å². The second-order valence-electron chi connectivity index (χ2n) is 4.13. The number of benzene rings is 2. The molecule has 0 saturated heterocycles. The Bertz CT molecular complexity index is 855. The molecule has 0 aliphatic heterocycles. The van der Waals surface area contributed by atoms with Crippen molar-refractivity contribution < 1.29 is 9.18 Å². The average molecular weight is 387 g/mol. The van der Waals surface area contributed by atoms with Gasteiger partial charge in [0.25, 0.3) is 5.91 Å². The van der Waals surface area contributed by atoms with E-state index in [0.29, 0.717) is 26.2 Å². The number of carbonyl (C=O) groups is 1. The van der Waals surface area contributed by atoms with Gasteiger partial charge in [-0.15, -0.1) is 0 Å². The number of hydrogen-bond acceptors (Lipinski definition) is 4. The first-order valence-corrected chi connectivity index (χ1v) is 7.63. The Morgan fingerprint density at radius 3 is 2.90 bits per heavy atom. The van der Waals surface area contributed by atoms with Crippen LogP contribution in [0.25, 0.3) is 11.0 Å². The fourth-order valence-corrected chi connectivity index (χ4v) is 2.97. The number of nitrogens with one attached hydrogen (secondary N) is 1. The van der Waals surface area contributed by atoms with Gasteiger partial charge in [0.15, 0.2) is 0 Å². The summed E-state index contributed by atoms with van der Waals surface area (Å²) in [7, 11) is 0. The molecular weight excluding hydrogens is 381 g/mol. The topological polar surface area (TPSA) is 54.9 Å². The minimum absolute atomic E-state index is 0.172. The largest absolute Gasteiger partial charge is 0.319 e. The number of fused-ring (bicyclic) bond motifs is 1. The van der Waals surface area contributed by atoms with E-state index in [1.54, 1.807) is 12.1 Å². The Balaban J connectivity index is 2.02. The molecule has 1 heterocycles. The van der Waals surface area contributed by atoms with Gasteiger partial charge in [0, 0.05) is 4.47 Å². The molecule has 0 unspecified atom stereocenters. The van der Waals surface area contributed by atoms with Gasteiger partial charge in [0.2, 0.25) is 0 Å². The van der Waals surface area contributed by atoms with Gasteiger partial charge < -0.3 is 5.32 Å². The lowest BCUT2D eigenvalue weighted by Crippen LogP contribution is -2.13. The van der Waals surface area contributed by atoms with Gasteiger partial charge in [-0.2, -0.15) is 8.75 Å². The van der Waals surface area contributed by atoms with Crippen LogP contribution in [-0.2, 0) is 0 Å². The summed E-state index contributed by atoms with van der Waals surface area (Å²) < 4.78 is 22.0. The summed E-state index contributed by atoms with van der Waals surface area (Å²) in [4.78, 5) is 12.3. The minimum atomic E-state index is -0.497. The van der Waals surface area contributed by atoms with E-state index in [1.807, 2.05) is 0 Å². The highest BCUT2D eigenvalue weighted by Gasteiger charge is 2.16. The summed E-state index contributed by atoms with van der Waals surface area (Å²) in [5.74, 6) is -0.980. The van der Waals surface area contributed by atoms with Gasteiger partial charge in [-0.25, -0.2) is 4.39 Å². The lowest BCUT2D eigenvalue weighted by molar-refractivity contribution is 0.102. The summed E-state index contributed by atoms with van der Waals surface area (Å²) in [6.07, 6.45) is 0. The zero-order valence-corrected chi connectivity index (χ0v) is 13.4. The first kappa shape index (κ1) is 14.4. The van der Waals surface area contributed by atoms with Crippen LogP contribution in [0.5, 0.6) is 0 Å². The number of anilines is 1. The minimum Gasteiger partial charge on any atom is -0.319 e. The molecular formula is C13H6BrClFN3OS. The Morgan fingerprint density at radius 1 is 1.29 bits per heavy atom. The van der Waals surface area contributed by atoms with Gasteiger partial charge >= 0.3 is 0 Å². The second-order valence-corrected chi connectivity index (χ2v) is 5.92. The van der Waals surface area contributed by atoms with Crippen LogP contribution in [0.4, 0.5) is 10.1 Å². The zero-order valence-electron chi connectivity index (χ0n) is 10.2. The molecule has 1 amide bonds. The monoisotopic (exact) mass is 385 g/mol. The van der Waals surface area contributed by atoms with Crippen molar-refractivity contribution in [2.75, 3.05) is 5.32 Å². The third-order valence-corrected chi connectivity index (χ3v) is 4.34. The van der Waals surface area contributed by atoms with E-state index in [1.165, 1.54) is 12.1 Å². The highest BCUT2D eigenvalue weighted by molar-refractivity contribution is 9.10. The molecule has 0 atom stereocenters. The molecule has 0 fully saturated rings. The molecule has 8 heteroatoms. The van der Waals surface area contributed by atoms with Crippen LogP contribution in [-0.4, -0.2) is 14.7 Å². The molecule has 0 spiro atoms. The third kappa shape index (κ3) is 2.76. The number of rotatable bonds is 2. The number of nitrogens with zero attached hydrogens (tertiary/aromatic N) is 2. The zero-order chi connectivity index (χ0) is 15.0. The van der Waals surface area contributed by atoms with Crippen LogP contribution in [0.1, 0.15) is 10.4 Å². The van der Waals surface area contributed by atoms with Crippen LogP contribution in [0.2, 0.25) is 5.02 Å². The number of hydrogen-bond donors (Lipinski definition) is 1. The number of aromatic nitrogens is 2. The molecule has 21 heavy (non-hydrogen) atoms. The first-order chi connectivity index (χ1) is 10.1. The van der Waals surface area contributed by atoms with Gasteiger partial charge in [0.1, 0.15) is 16.9 Å². The quantitative estimate of drug-likeness (QED) is 0.705. The SMILES string of the molecule is O=C(Nc1c(Cl)ccc2nsnc12)c1cc(F)ccc1Br. The molecule has 4 nitrogen and oxygen atoms in total. The van der Waals surface area contributed by atoms with Crippen LogP contribution in [0.15, 0.2) is 34.8 Å². The molecule has 3 rings (SSSR count). The molecule has 1 N–H and O–H groups in total. The smallest absolute Gasteiger partial charge is 0.257 e. The third-order valence-electron chi connectivity index (χ3n) is 2.79. The van der Waals surface area contributed by atoms with Crippen molar-refractivity contribution >= 4 is 61.9 Å². The molecule has 3 aromatic rings. The lowest BCUT2D eigenvalue weighted by Gasteiger charge is -2.09. The van der Waals surface area contributed by atoms with Crippen LogP contribution >= 0.6 is 39.3 Å². The molecule has 1 aromatic heterocycles. The highest BCUT2D eigenvalue weighted by atomic mass is 79.9. The Labute approximate surface area is 136 Å². The normalized spacial score (nSPS) is 10.8. The molecule has 0 aliphatic carbocycles. The average Bonchev–Trinajstić information content (AvgIpc) is 2.93. The van der Waals surface area contributed by atoms with E-state index in [9.17, 15) is 9.18 Å². The van der Waals surface area contributed by atoms with Crippen LogP contribution in [0.3, 0.4) is 0 Å². The maximum absolute atomic E-state index is 13.3. The van der Waals surface area contributed by atoms with Crippen molar-refractivity contribution in [2.24, 2.45) is 0 Å². The van der Waals surface area contributed by atoms with Gasteiger partial charge in [-0.3, -0.25) is 4.79 Å². The van der Waals surface area contributed by atoms with Crippen molar-refractivity contribution in [3.63, 3.8) is 0 Å². The number of halogens is 3. The Morgan fingerprint density at radius 2 is 2.10 bits per heavy atom. The van der Waals surface area contributed by atoms with Crippen molar-refractivity contribution in [3.8, 4) is 0 Å². The standard InChI is InChI=1S/C13H6BrClFN3OS/c14-8-2-1-6(16)5-7(8)13(20)17-11-9(15)3-4-10-12(11)19-21-18-10/h1-5H,(H,17,20). The highest BCUT2D eigenvalue weighted by Crippen LogP contribution is 2.31. The molecule has 0 radical (unpaired) electrons. The van der Waals surface area contributed by atoms with E-state index in [-0.39, 0.29) is 5.56 Å². The predicted octanol–water partition coefficient (Wildman–Crippen LogP) is 4.50. The van der Waals surface area contributed by atoms with E-state index in [0.717, 1.165) is 17.8 Å². The number of amides is 1. The summed E-state index contributed by atoms with van der Waals surface area (Å²) in [6, 6.07) is 7.22. The van der Waals surface area contributed by atoms with E-state index in [4.69, 9.17) is 11.6 Å². The predicted molar refractivity (Wildman–Crippen MR) is 84.5 cm³/mol. The van der Waals surface area contributed by atoms with E-state index < -0.39 is 11.7 Å². The molecule has 0 aliphatic rings. The van der Waals surface area contributed by atoms with Crippen molar-refractivity contribution in [1.29, 1.82) is 0 Å². The van der Waals surface area contributed by atoms with Gasteiger partial charge in [-0.1, -0.05) is 11.6 Å². The summed E-state index contributed by atoms with van der Waals surface area (Å²) in [5.41, 5.74) is 1.68.